The molecule has 0 saturated carbocycles. The molecular formula is C18H33Cl3F7I6N6O3P. The number of aryl methyl sites for hydroxylation is 1. The highest BCUT2D eigenvalue weighted by Gasteiger charge is 2.16. The van der Waals surface area contributed by atoms with Crippen LogP contribution in [0.15, 0.2) is 11.3 Å². The standard InChI is InChI=1S/C6H6F2N2O.C4H8F2N2.C3H4F2O.CH3F.CHI3.CH2I2.CH3I.CH6N2.Cl3OP/c1-10-2-4(3-11)5(9-10)6(7)8;1-3(4(5)6)8-7-2;1-2(6)3(4)5;1-2;2-1(3)4;2-1-3;1-2;1-3-2;1-5(2,3)4/h2-3,6H,1H3;4,7H,1-2H3;3H,1H3;1H3;1H;1H2;1H3;3H,2H2,1H3;/b;8-3+;;;;;;;/i;;;1D;;;;;. The Kier molecular flexibility index (Phi) is 71.0. The zero-order valence-electron chi connectivity index (χ0n) is 24.5. The van der Waals surface area contributed by atoms with Crippen LogP contribution in [0.4, 0.5) is 30.7 Å². The number of Topliss-reactive ketones (excluding diaryl/α,β-unsaturated/α-hetero) is 1. The first-order chi connectivity index (χ1) is 20.4. The van der Waals surface area contributed by atoms with E-state index < -0.39 is 43.1 Å². The molecule has 0 unspecified atom stereocenters. The minimum absolute atomic E-state index is 0.0532. The van der Waals surface area contributed by atoms with Gasteiger partial charge < -0.3 is 5.43 Å². The number of nitrogens with one attached hydrogen (secondary N) is 2. The molecule has 1 aromatic heterocycles. The van der Waals surface area contributed by atoms with Crippen LogP contribution in [0.5, 0.6) is 0 Å². The lowest BCUT2D eigenvalue weighted by Gasteiger charge is -1.94. The minimum Gasteiger partial charge on any atom is -0.313 e. The minimum atomic E-state index is -3.22. The van der Waals surface area contributed by atoms with Gasteiger partial charge in [-0.1, -0.05) is 136 Å². The summed E-state index contributed by atoms with van der Waals surface area (Å²) in [6.07, 6.45) is -6.29. The van der Waals surface area contributed by atoms with Gasteiger partial charge in [-0.2, -0.15) is 10.2 Å². The Labute approximate surface area is 351 Å². The predicted molar refractivity (Wildman–Crippen MR) is 223 cm³/mol. The highest BCUT2D eigenvalue weighted by atomic mass is 127. The number of hydrazine groups is 1. The van der Waals surface area contributed by atoms with Crippen molar-refractivity contribution in [1.82, 2.24) is 20.6 Å². The number of nitrogens with two attached hydrogens (primary N) is 1. The zero-order chi connectivity index (χ0) is 38.4. The van der Waals surface area contributed by atoms with Gasteiger partial charge in [0, 0.05) is 27.2 Å². The molecule has 1 aromatic rings. The number of ketones is 1. The normalized spacial score (nSPS) is 9.70. The first-order valence-electron chi connectivity index (χ1n) is 10.5. The molecule has 26 heteroatoms. The third-order valence-corrected chi connectivity index (χ3v) is 2.13. The first kappa shape index (κ1) is 62.1. The molecule has 0 aromatic carbocycles. The van der Waals surface area contributed by atoms with Gasteiger partial charge in [0.2, 0.25) is 0 Å². The van der Waals surface area contributed by atoms with Crippen LogP contribution >= 0.6 is 174 Å². The number of rotatable bonds is 5. The molecule has 0 saturated heterocycles. The van der Waals surface area contributed by atoms with Crippen molar-refractivity contribution in [2.75, 3.05) is 28.6 Å². The van der Waals surface area contributed by atoms with Crippen LogP contribution in [-0.2, 0) is 16.4 Å². The second-order valence-corrected chi connectivity index (χ2v) is 27.3. The number of hydrogen-bond donors (Lipinski definition) is 3. The number of hydrogen-bond acceptors (Lipinski definition) is 8. The van der Waals surface area contributed by atoms with E-state index in [0.717, 1.165) is 6.86 Å². The van der Waals surface area contributed by atoms with Gasteiger partial charge in [0.25, 0.3) is 19.3 Å². The van der Waals surface area contributed by atoms with E-state index in [2.05, 4.69) is 196 Å². The van der Waals surface area contributed by atoms with E-state index >= 15 is 0 Å². The van der Waals surface area contributed by atoms with Gasteiger partial charge in [-0.25, -0.2) is 26.3 Å². The van der Waals surface area contributed by atoms with Gasteiger partial charge in [-0.05, 0) is 52.6 Å². The number of alkyl halides is 13. The summed E-state index contributed by atoms with van der Waals surface area (Å²) < 4.78 is 96.6. The van der Waals surface area contributed by atoms with Crippen molar-refractivity contribution in [2.45, 2.75) is 33.1 Å². The van der Waals surface area contributed by atoms with Crippen molar-refractivity contribution in [2.24, 2.45) is 18.0 Å². The maximum Gasteiger partial charge on any atom is 0.339 e. The molecule has 1 rings (SSSR count). The molecule has 9 nitrogen and oxygen atoms in total. The van der Waals surface area contributed by atoms with Crippen LogP contribution < -0.4 is 16.7 Å². The fourth-order valence-corrected chi connectivity index (χ4v) is 1.01. The van der Waals surface area contributed by atoms with Crippen molar-refractivity contribution in [3.05, 3.63) is 17.5 Å². The maximum absolute atomic E-state index is 12.0. The van der Waals surface area contributed by atoms with E-state index in [0.29, 0.717) is 6.29 Å². The molecule has 0 spiro atoms. The Morgan fingerprint density at radius 3 is 1.50 bits per heavy atom. The third-order valence-electron chi connectivity index (χ3n) is 2.13. The Hall–Kier alpha value is 2.93. The molecule has 0 bridgehead atoms. The van der Waals surface area contributed by atoms with Crippen LogP contribution in [-0.4, -0.2) is 69.0 Å². The summed E-state index contributed by atoms with van der Waals surface area (Å²) in [4.78, 5) is 21.5. The molecule has 4 N–H and O–H groups in total. The molecule has 0 aliphatic heterocycles. The molecule has 44 heavy (non-hydrogen) atoms. The second kappa shape index (κ2) is 50.3. The van der Waals surface area contributed by atoms with Crippen molar-refractivity contribution >= 4 is 192 Å². The Morgan fingerprint density at radius 2 is 1.39 bits per heavy atom. The molecule has 0 radical (unpaired) electrons. The summed E-state index contributed by atoms with van der Waals surface area (Å²) in [7, 11) is 3.62. The number of carbonyl (C=O) groups excluding carboxylic acids is 2. The topological polar surface area (TPSA) is 131 Å². The van der Waals surface area contributed by atoms with Crippen LogP contribution in [0.1, 0.15) is 37.7 Å². The Morgan fingerprint density at radius 1 is 1.11 bits per heavy atom. The molecular weight excluding hydrogens is 1380 g/mol. The second-order valence-electron chi connectivity index (χ2n) is 5.29. The molecule has 270 valence electrons. The van der Waals surface area contributed by atoms with Crippen molar-refractivity contribution < 1.29 is 46.3 Å². The monoisotopic (exact) mass is 1410 g/mol. The van der Waals surface area contributed by atoms with Gasteiger partial charge in [-0.15, -0.1) is 0 Å². The van der Waals surface area contributed by atoms with E-state index in [1.807, 2.05) is 4.93 Å². The van der Waals surface area contributed by atoms with Crippen LogP contribution in [0.25, 0.3) is 0 Å². The van der Waals surface area contributed by atoms with Gasteiger partial charge in [-0.3, -0.25) is 34.5 Å². The maximum atomic E-state index is 12.0. The largest absolute Gasteiger partial charge is 0.339 e. The van der Waals surface area contributed by atoms with E-state index in [9.17, 15) is 44.9 Å². The summed E-state index contributed by atoms with van der Waals surface area (Å²) >= 11 is 27.5. The van der Waals surface area contributed by atoms with E-state index in [-0.39, 0.29) is 11.3 Å². The van der Waals surface area contributed by atoms with Crippen LogP contribution in [0, 0.1) is 0 Å². The molecule has 0 atom stereocenters. The lowest BCUT2D eigenvalue weighted by atomic mass is 10.3. The number of carbonyl (C=O) groups is 2. The lowest BCUT2D eigenvalue weighted by Crippen LogP contribution is -2.13. The van der Waals surface area contributed by atoms with Crippen molar-refractivity contribution in [3.8, 4) is 0 Å². The number of aromatic nitrogens is 2. The van der Waals surface area contributed by atoms with Crippen molar-refractivity contribution in [3.63, 3.8) is 0 Å². The Balaban J connectivity index is -0.0000000604. The number of halogens is 16. The summed E-state index contributed by atoms with van der Waals surface area (Å²) in [5, 5.41) is 3.43. The molecule has 0 aliphatic carbocycles. The average Bonchev–Trinajstić information content (AvgIpc) is 3.27. The highest BCUT2D eigenvalue weighted by molar-refractivity contribution is 14.3. The number of nitrogens with zero attached hydrogens (tertiary/aromatic N) is 3. The van der Waals surface area contributed by atoms with E-state index in [1.54, 1.807) is 7.05 Å². The quantitative estimate of drug-likeness (QED) is 0.0391. The van der Waals surface area contributed by atoms with E-state index in [1.165, 1.54) is 34.3 Å². The lowest BCUT2D eigenvalue weighted by molar-refractivity contribution is -0.127. The molecule has 0 aliphatic rings. The highest BCUT2D eigenvalue weighted by Crippen LogP contribution is 2.61. The molecule has 0 amide bonds. The summed E-state index contributed by atoms with van der Waals surface area (Å²) in [6.45, 7) is 2.12. The van der Waals surface area contributed by atoms with Crippen LogP contribution in [0.3, 0.4) is 0 Å². The fourth-order valence-electron chi connectivity index (χ4n) is 1.01. The smallest absolute Gasteiger partial charge is 0.313 e. The number of hydrazone groups is 1. The Bertz CT molecular complexity index is 833. The first-order valence-corrected chi connectivity index (χ1v) is 23.2. The summed E-state index contributed by atoms with van der Waals surface area (Å²) in [5.41, 5.74) is 3.81. The van der Waals surface area contributed by atoms with Gasteiger partial charge in [0.1, 0.15) is 11.3 Å². The summed E-state index contributed by atoms with van der Waals surface area (Å²) in [5.74, 6) is 3.52. The zero-order valence-corrected chi connectivity index (χ0v) is 39.6. The van der Waals surface area contributed by atoms with Gasteiger partial charge in [0.15, 0.2) is 12.1 Å². The molecule has 1 heterocycles. The SMILES string of the molecule is CC(=O)C(F)F.CI.CN/N=C(\C)C(F)F.CNN.Cn1cc(C=O)c(C(F)F)n1.IC(I)I.ICI.O=P(Cl)(Cl)Cl.[2H]CF. The van der Waals surface area contributed by atoms with Crippen molar-refractivity contribution in [1.29, 1.82) is 0 Å². The van der Waals surface area contributed by atoms with Gasteiger partial charge in [0.05, 0.1) is 16.5 Å². The van der Waals surface area contributed by atoms with Gasteiger partial charge >= 0.3 is 5.20 Å². The third kappa shape index (κ3) is 85.0. The number of aldehydes is 1. The fraction of sp³-hybridized carbons (Fsp3) is 0.667. The van der Waals surface area contributed by atoms with Crippen LogP contribution in [0.2, 0.25) is 0 Å². The molecule has 0 fully saturated rings. The predicted octanol–water partition coefficient (Wildman–Crippen LogP) is 10.8. The average molecular weight is 1410 g/mol. The summed E-state index contributed by atoms with van der Waals surface area (Å²) in [6, 6.07) is 0. The van der Waals surface area contributed by atoms with E-state index in [4.69, 9.17) is 1.37 Å².